The van der Waals surface area contributed by atoms with Gasteiger partial charge < -0.3 is 14.0 Å². The third kappa shape index (κ3) is 4.19. The SMILES string of the molecule is COCC(C)n1c(C)cc(C(=O)COC(=O)CN2C(=O)C3CCCCC3C2=O)c1C. The van der Waals surface area contributed by atoms with Gasteiger partial charge in [-0.25, -0.2) is 0 Å². The van der Waals surface area contributed by atoms with Crippen LogP contribution in [0.5, 0.6) is 0 Å². The van der Waals surface area contributed by atoms with Crippen LogP contribution in [-0.2, 0) is 23.9 Å². The largest absolute Gasteiger partial charge is 0.456 e. The van der Waals surface area contributed by atoms with E-state index in [1.807, 2.05) is 25.3 Å². The number of ketones is 1. The number of carbonyl (C=O) groups excluding carboxylic acids is 4. The highest BCUT2D eigenvalue weighted by molar-refractivity contribution is 6.07. The molecule has 1 saturated heterocycles. The molecule has 1 aromatic heterocycles. The Balaban J connectivity index is 1.59. The fourth-order valence-corrected chi connectivity index (χ4v) is 4.84. The van der Waals surface area contributed by atoms with Gasteiger partial charge in [-0.2, -0.15) is 0 Å². The van der Waals surface area contributed by atoms with Crippen LogP contribution in [0.1, 0.15) is 60.4 Å². The number of hydrogen-bond acceptors (Lipinski definition) is 6. The number of methoxy groups -OCH3 is 1. The summed E-state index contributed by atoms with van der Waals surface area (Å²) in [5, 5.41) is 0. The number of aryl methyl sites for hydroxylation is 1. The number of fused-ring (bicyclic) bond motifs is 1. The molecule has 0 bridgehead atoms. The Bertz CT molecular complexity index is 834. The molecule has 1 aliphatic carbocycles. The molecule has 3 rings (SSSR count). The summed E-state index contributed by atoms with van der Waals surface area (Å²) in [6, 6.07) is 1.84. The first-order chi connectivity index (χ1) is 14.3. The average molecular weight is 418 g/mol. The van der Waals surface area contributed by atoms with Gasteiger partial charge in [0.1, 0.15) is 6.54 Å². The highest BCUT2D eigenvalue weighted by Crippen LogP contribution is 2.37. The van der Waals surface area contributed by atoms with Crippen LogP contribution in [-0.4, -0.2) is 59.9 Å². The molecular formula is C22H30N2O6. The van der Waals surface area contributed by atoms with Crippen molar-refractivity contribution in [3.63, 3.8) is 0 Å². The van der Waals surface area contributed by atoms with Crippen LogP contribution in [0, 0.1) is 25.7 Å². The van der Waals surface area contributed by atoms with E-state index in [1.165, 1.54) is 0 Å². The molecule has 2 heterocycles. The summed E-state index contributed by atoms with van der Waals surface area (Å²) in [5.41, 5.74) is 2.19. The molecule has 1 aliphatic heterocycles. The Morgan fingerprint density at radius 3 is 2.30 bits per heavy atom. The van der Waals surface area contributed by atoms with Gasteiger partial charge in [0, 0.05) is 24.1 Å². The quantitative estimate of drug-likeness (QED) is 0.365. The second-order valence-corrected chi connectivity index (χ2v) is 8.30. The fraction of sp³-hybridized carbons (Fsp3) is 0.636. The van der Waals surface area contributed by atoms with Crippen LogP contribution in [0.4, 0.5) is 0 Å². The van der Waals surface area contributed by atoms with Crippen molar-refractivity contribution in [2.45, 2.75) is 52.5 Å². The number of amides is 2. The van der Waals surface area contributed by atoms with E-state index >= 15 is 0 Å². The van der Waals surface area contributed by atoms with Crippen LogP contribution < -0.4 is 0 Å². The number of aromatic nitrogens is 1. The van der Waals surface area contributed by atoms with Crippen LogP contribution in [0.15, 0.2) is 6.07 Å². The van der Waals surface area contributed by atoms with Crippen molar-refractivity contribution in [3.8, 4) is 0 Å². The average Bonchev–Trinajstić information content (AvgIpc) is 3.15. The summed E-state index contributed by atoms with van der Waals surface area (Å²) in [6.45, 7) is 5.41. The Labute approximate surface area is 176 Å². The first-order valence-electron chi connectivity index (χ1n) is 10.5. The molecule has 0 radical (unpaired) electrons. The minimum absolute atomic E-state index is 0.0647. The van der Waals surface area contributed by atoms with Gasteiger partial charge in [0.25, 0.3) is 0 Å². The summed E-state index contributed by atoms with van der Waals surface area (Å²) >= 11 is 0. The highest BCUT2D eigenvalue weighted by atomic mass is 16.5. The predicted octanol–water partition coefficient (Wildman–Crippen LogP) is 2.21. The van der Waals surface area contributed by atoms with Gasteiger partial charge in [-0.3, -0.25) is 24.1 Å². The number of imide groups is 1. The van der Waals surface area contributed by atoms with Crippen molar-refractivity contribution >= 4 is 23.6 Å². The number of hydrogen-bond donors (Lipinski definition) is 0. The molecule has 1 aromatic rings. The molecule has 0 aromatic carbocycles. The number of esters is 1. The van der Waals surface area contributed by atoms with Crippen molar-refractivity contribution in [2.75, 3.05) is 26.9 Å². The molecule has 2 fully saturated rings. The van der Waals surface area contributed by atoms with E-state index in [4.69, 9.17) is 9.47 Å². The number of rotatable bonds is 8. The lowest BCUT2D eigenvalue weighted by Crippen LogP contribution is -2.37. The van der Waals surface area contributed by atoms with E-state index in [1.54, 1.807) is 13.2 Å². The van der Waals surface area contributed by atoms with E-state index < -0.39 is 19.1 Å². The van der Waals surface area contributed by atoms with Gasteiger partial charge in [0.2, 0.25) is 17.6 Å². The van der Waals surface area contributed by atoms with Crippen molar-refractivity contribution < 1.29 is 28.7 Å². The second kappa shape index (κ2) is 9.12. The lowest BCUT2D eigenvalue weighted by atomic mass is 9.81. The van der Waals surface area contributed by atoms with Crippen LogP contribution in [0.2, 0.25) is 0 Å². The first-order valence-corrected chi connectivity index (χ1v) is 10.5. The van der Waals surface area contributed by atoms with Gasteiger partial charge in [0.15, 0.2) is 6.61 Å². The third-order valence-electron chi connectivity index (χ3n) is 6.22. The molecule has 164 valence electrons. The number of likely N-dealkylation sites (tertiary alicyclic amines) is 1. The maximum atomic E-state index is 12.6. The second-order valence-electron chi connectivity index (χ2n) is 8.30. The smallest absolute Gasteiger partial charge is 0.326 e. The monoisotopic (exact) mass is 418 g/mol. The van der Waals surface area contributed by atoms with Crippen LogP contribution >= 0.6 is 0 Å². The molecule has 0 N–H and O–H groups in total. The van der Waals surface area contributed by atoms with Crippen LogP contribution in [0.3, 0.4) is 0 Å². The molecule has 3 unspecified atom stereocenters. The van der Waals surface area contributed by atoms with E-state index in [2.05, 4.69) is 0 Å². The maximum absolute atomic E-state index is 12.6. The maximum Gasteiger partial charge on any atom is 0.326 e. The Morgan fingerprint density at radius 1 is 1.13 bits per heavy atom. The lowest BCUT2D eigenvalue weighted by molar-refractivity contribution is -0.152. The van der Waals surface area contributed by atoms with E-state index in [-0.39, 0.29) is 35.5 Å². The normalized spacial score (nSPS) is 22.2. The zero-order valence-corrected chi connectivity index (χ0v) is 18.1. The summed E-state index contributed by atoms with van der Waals surface area (Å²) < 4.78 is 12.3. The topological polar surface area (TPSA) is 94.9 Å². The van der Waals surface area contributed by atoms with Gasteiger partial charge in [-0.15, -0.1) is 0 Å². The van der Waals surface area contributed by atoms with Gasteiger partial charge >= 0.3 is 5.97 Å². The highest BCUT2D eigenvalue weighted by Gasteiger charge is 2.48. The molecule has 1 saturated carbocycles. The Kier molecular flexibility index (Phi) is 6.75. The molecule has 0 spiro atoms. The van der Waals surface area contributed by atoms with Crippen LogP contribution in [0.25, 0.3) is 0 Å². The fourth-order valence-electron chi connectivity index (χ4n) is 4.84. The molecule has 30 heavy (non-hydrogen) atoms. The molecule has 3 atom stereocenters. The minimum atomic E-state index is -0.745. The first kappa shape index (κ1) is 22.2. The van der Waals surface area contributed by atoms with E-state index in [9.17, 15) is 19.2 Å². The number of ether oxygens (including phenoxy) is 2. The molecular weight excluding hydrogens is 388 g/mol. The minimum Gasteiger partial charge on any atom is -0.456 e. The van der Waals surface area contributed by atoms with Crippen molar-refractivity contribution in [2.24, 2.45) is 11.8 Å². The number of Topliss-reactive ketones (excluding diaryl/α,β-unsaturated/α-hetero) is 1. The van der Waals surface area contributed by atoms with E-state index in [0.717, 1.165) is 29.1 Å². The summed E-state index contributed by atoms with van der Waals surface area (Å²) in [6.07, 6.45) is 3.23. The van der Waals surface area contributed by atoms with E-state index in [0.29, 0.717) is 25.0 Å². The van der Waals surface area contributed by atoms with Gasteiger partial charge in [0.05, 0.1) is 24.5 Å². The summed E-state index contributed by atoms with van der Waals surface area (Å²) in [5.74, 6) is -2.25. The predicted molar refractivity (Wildman–Crippen MR) is 108 cm³/mol. The third-order valence-corrected chi connectivity index (χ3v) is 6.22. The summed E-state index contributed by atoms with van der Waals surface area (Å²) in [7, 11) is 1.63. The number of carbonyl (C=O) groups is 4. The van der Waals surface area contributed by atoms with Crippen molar-refractivity contribution in [1.29, 1.82) is 0 Å². The summed E-state index contributed by atoms with van der Waals surface area (Å²) in [4.78, 5) is 50.8. The molecule has 2 aliphatic rings. The molecule has 8 nitrogen and oxygen atoms in total. The molecule has 8 heteroatoms. The van der Waals surface area contributed by atoms with Gasteiger partial charge in [-0.05, 0) is 39.7 Å². The van der Waals surface area contributed by atoms with Crippen molar-refractivity contribution in [3.05, 3.63) is 23.0 Å². The molecule has 2 amide bonds. The van der Waals surface area contributed by atoms with Gasteiger partial charge in [-0.1, -0.05) is 12.8 Å². The zero-order chi connectivity index (χ0) is 22.0. The standard InChI is InChI=1S/C22H30N2O6/c1-13-9-18(15(3)24(13)14(2)11-29-4)19(25)12-30-20(26)10-23-21(27)16-7-5-6-8-17(16)22(23)28/h9,14,16-17H,5-8,10-12H2,1-4H3. The van der Waals surface area contributed by atoms with Crippen molar-refractivity contribution in [1.82, 2.24) is 9.47 Å². The lowest BCUT2D eigenvalue weighted by Gasteiger charge is -2.19. The Morgan fingerprint density at radius 2 is 1.73 bits per heavy atom. The zero-order valence-electron chi connectivity index (χ0n) is 18.1. The Hall–Kier alpha value is -2.48. The number of nitrogens with zero attached hydrogens (tertiary/aromatic N) is 2.